The number of carbonyl (C=O) groups excluding carboxylic acids is 3. The number of nitrogens with zero attached hydrogens (tertiary/aromatic N) is 1. The van der Waals surface area contributed by atoms with Crippen LogP contribution in [-0.4, -0.2) is 49.0 Å². The molecule has 2 rings (SSSR count). The first kappa shape index (κ1) is 20.0. The molecule has 26 heavy (non-hydrogen) atoms. The van der Waals surface area contributed by atoms with Crippen LogP contribution >= 0.6 is 23.1 Å². The van der Waals surface area contributed by atoms with Crippen LogP contribution in [0.25, 0.3) is 0 Å². The van der Waals surface area contributed by atoms with Crippen LogP contribution in [0.5, 0.6) is 0 Å². The summed E-state index contributed by atoms with van der Waals surface area (Å²) < 4.78 is 0. The monoisotopic (exact) mass is 392 g/mol. The van der Waals surface area contributed by atoms with Gasteiger partial charge in [-0.05, 0) is 36.9 Å². The van der Waals surface area contributed by atoms with Crippen molar-refractivity contribution in [1.82, 2.24) is 4.90 Å². The average Bonchev–Trinajstić information content (AvgIpc) is 3.03. The summed E-state index contributed by atoms with van der Waals surface area (Å²) in [5.74, 6) is -1.13. The second kappa shape index (κ2) is 9.37. The fraction of sp³-hybridized carbons (Fsp3) is 0.235. The number of amides is 3. The minimum atomic E-state index is -0.596. The largest absolute Gasteiger partial charge is 0.366 e. The number of thiophene rings is 1. The van der Waals surface area contributed by atoms with Crippen LogP contribution in [0.2, 0.25) is 0 Å². The van der Waals surface area contributed by atoms with Gasteiger partial charge in [0.2, 0.25) is 11.8 Å². The molecular formula is C17H20N4O3S2. The third kappa shape index (κ3) is 5.58. The third-order valence-corrected chi connectivity index (χ3v) is 5.02. The highest BCUT2D eigenvalue weighted by atomic mass is 32.2. The minimum absolute atomic E-state index is 0.00764. The topological polar surface area (TPSA) is 105 Å². The summed E-state index contributed by atoms with van der Waals surface area (Å²) >= 11 is 2.76. The molecule has 0 atom stereocenters. The van der Waals surface area contributed by atoms with E-state index in [0.29, 0.717) is 5.00 Å². The van der Waals surface area contributed by atoms with Gasteiger partial charge in [-0.25, -0.2) is 0 Å². The van der Waals surface area contributed by atoms with Crippen molar-refractivity contribution in [2.24, 2.45) is 5.73 Å². The molecule has 1 aromatic carbocycles. The minimum Gasteiger partial charge on any atom is -0.366 e. The Morgan fingerprint density at radius 3 is 2.42 bits per heavy atom. The van der Waals surface area contributed by atoms with Gasteiger partial charge in [-0.1, -0.05) is 12.1 Å². The highest BCUT2D eigenvalue weighted by molar-refractivity contribution is 7.98. The highest BCUT2D eigenvalue weighted by Crippen LogP contribution is 2.24. The molecule has 3 amide bonds. The summed E-state index contributed by atoms with van der Waals surface area (Å²) in [6.07, 6.45) is 1.94. The first-order valence-corrected chi connectivity index (χ1v) is 9.79. The molecule has 9 heteroatoms. The van der Waals surface area contributed by atoms with E-state index in [2.05, 4.69) is 10.6 Å². The molecule has 0 aliphatic heterocycles. The van der Waals surface area contributed by atoms with Crippen LogP contribution in [0.4, 0.5) is 10.7 Å². The van der Waals surface area contributed by atoms with E-state index in [1.165, 1.54) is 11.3 Å². The summed E-state index contributed by atoms with van der Waals surface area (Å²) in [7, 11) is 1.67. The van der Waals surface area contributed by atoms with Crippen LogP contribution in [0.3, 0.4) is 0 Å². The average molecular weight is 393 g/mol. The predicted octanol–water partition coefficient (Wildman–Crippen LogP) is 2.08. The Balaban J connectivity index is 1.86. The molecule has 7 nitrogen and oxygen atoms in total. The molecule has 138 valence electrons. The number of rotatable bonds is 8. The van der Waals surface area contributed by atoms with Crippen molar-refractivity contribution >= 4 is 51.5 Å². The van der Waals surface area contributed by atoms with Gasteiger partial charge < -0.3 is 16.4 Å². The molecule has 0 bridgehead atoms. The zero-order chi connectivity index (χ0) is 19.1. The van der Waals surface area contributed by atoms with E-state index < -0.39 is 5.91 Å². The van der Waals surface area contributed by atoms with Crippen LogP contribution in [0.1, 0.15) is 10.4 Å². The van der Waals surface area contributed by atoms with Gasteiger partial charge in [0.25, 0.3) is 5.91 Å². The van der Waals surface area contributed by atoms with E-state index in [0.717, 1.165) is 10.6 Å². The van der Waals surface area contributed by atoms with Crippen molar-refractivity contribution in [3.05, 3.63) is 41.3 Å². The number of likely N-dealkylation sites (N-methyl/N-ethyl adjacent to an activating group) is 1. The number of anilines is 2. The summed E-state index contributed by atoms with van der Waals surface area (Å²) in [6.45, 7) is 0.0664. The molecule has 1 heterocycles. The number of nitrogens with one attached hydrogen (secondary N) is 2. The number of carbonyl (C=O) groups is 3. The number of benzene rings is 1. The molecule has 4 N–H and O–H groups in total. The van der Waals surface area contributed by atoms with Gasteiger partial charge in [0.05, 0.1) is 24.3 Å². The fourth-order valence-electron chi connectivity index (χ4n) is 2.25. The SMILES string of the molecule is CSc1ccccc1NC(=O)CN(C)CC(=O)Nc1sccc1C(N)=O. The van der Waals surface area contributed by atoms with Gasteiger partial charge in [-0.2, -0.15) is 0 Å². The van der Waals surface area contributed by atoms with Crippen LogP contribution in [-0.2, 0) is 9.59 Å². The number of hydrogen-bond acceptors (Lipinski definition) is 6. The van der Waals surface area contributed by atoms with E-state index in [1.807, 2.05) is 30.5 Å². The van der Waals surface area contributed by atoms with E-state index in [9.17, 15) is 14.4 Å². The lowest BCUT2D eigenvalue weighted by molar-refractivity contribution is -0.119. The Morgan fingerprint density at radius 1 is 1.12 bits per heavy atom. The van der Waals surface area contributed by atoms with Crippen molar-refractivity contribution in [3.63, 3.8) is 0 Å². The van der Waals surface area contributed by atoms with Crippen LogP contribution < -0.4 is 16.4 Å². The van der Waals surface area contributed by atoms with Gasteiger partial charge >= 0.3 is 0 Å². The van der Waals surface area contributed by atoms with Crippen molar-refractivity contribution in [2.75, 3.05) is 37.0 Å². The number of hydrogen-bond donors (Lipinski definition) is 3. The Hall–Kier alpha value is -2.36. The first-order valence-electron chi connectivity index (χ1n) is 7.69. The summed E-state index contributed by atoms with van der Waals surface area (Å²) in [4.78, 5) is 38.1. The zero-order valence-electron chi connectivity index (χ0n) is 14.4. The maximum Gasteiger partial charge on any atom is 0.251 e. The smallest absolute Gasteiger partial charge is 0.251 e. The Morgan fingerprint density at radius 2 is 1.77 bits per heavy atom. The van der Waals surface area contributed by atoms with Crippen LogP contribution in [0, 0.1) is 0 Å². The molecule has 0 aliphatic carbocycles. The molecule has 2 aromatic rings. The molecule has 0 saturated heterocycles. The molecule has 0 spiro atoms. The van der Waals surface area contributed by atoms with Crippen LogP contribution in [0.15, 0.2) is 40.6 Å². The highest BCUT2D eigenvalue weighted by Gasteiger charge is 2.15. The van der Waals surface area contributed by atoms with E-state index in [-0.39, 0.29) is 30.5 Å². The molecule has 0 saturated carbocycles. The van der Waals surface area contributed by atoms with Crippen molar-refractivity contribution < 1.29 is 14.4 Å². The molecule has 0 unspecified atom stereocenters. The number of primary amides is 1. The Bertz CT molecular complexity index is 807. The lowest BCUT2D eigenvalue weighted by Crippen LogP contribution is -2.36. The molecule has 0 fully saturated rings. The molecular weight excluding hydrogens is 372 g/mol. The number of nitrogens with two attached hydrogens (primary N) is 1. The predicted molar refractivity (Wildman–Crippen MR) is 106 cm³/mol. The van der Waals surface area contributed by atoms with E-state index >= 15 is 0 Å². The number of thioether (sulfide) groups is 1. The van der Waals surface area contributed by atoms with Gasteiger partial charge in [0.1, 0.15) is 5.00 Å². The maximum absolute atomic E-state index is 12.2. The van der Waals surface area contributed by atoms with Crippen molar-refractivity contribution in [2.45, 2.75) is 4.90 Å². The molecule has 1 aromatic heterocycles. The van der Waals surface area contributed by atoms with Crippen molar-refractivity contribution in [3.8, 4) is 0 Å². The normalized spacial score (nSPS) is 10.6. The molecule has 0 aliphatic rings. The molecule has 0 radical (unpaired) electrons. The Kier molecular flexibility index (Phi) is 7.19. The van der Waals surface area contributed by atoms with Gasteiger partial charge in [0.15, 0.2) is 0 Å². The maximum atomic E-state index is 12.2. The summed E-state index contributed by atoms with van der Waals surface area (Å²) in [5.41, 5.74) is 6.27. The lowest BCUT2D eigenvalue weighted by Gasteiger charge is -2.16. The quantitative estimate of drug-likeness (QED) is 0.597. The number of para-hydroxylation sites is 1. The van der Waals surface area contributed by atoms with Gasteiger partial charge in [0, 0.05) is 4.90 Å². The summed E-state index contributed by atoms with van der Waals surface area (Å²) in [5, 5.41) is 7.58. The standard InChI is InChI=1S/C17H20N4O3S2/c1-21(9-14(22)19-12-5-3-4-6-13(12)25-2)10-15(23)20-17-11(16(18)24)7-8-26-17/h3-8H,9-10H2,1-2H3,(H2,18,24)(H,19,22)(H,20,23). The van der Waals surface area contributed by atoms with Gasteiger partial charge in [-0.3, -0.25) is 19.3 Å². The second-order valence-electron chi connectivity index (χ2n) is 5.50. The van der Waals surface area contributed by atoms with E-state index in [4.69, 9.17) is 5.73 Å². The van der Waals surface area contributed by atoms with E-state index in [1.54, 1.807) is 35.2 Å². The van der Waals surface area contributed by atoms with Gasteiger partial charge in [-0.15, -0.1) is 23.1 Å². The zero-order valence-corrected chi connectivity index (χ0v) is 16.1. The first-order chi connectivity index (χ1) is 12.4. The lowest BCUT2D eigenvalue weighted by atomic mass is 10.3. The summed E-state index contributed by atoms with van der Waals surface area (Å²) in [6, 6.07) is 9.07. The third-order valence-electron chi connectivity index (χ3n) is 3.39. The van der Waals surface area contributed by atoms with Crippen molar-refractivity contribution in [1.29, 1.82) is 0 Å². The Labute approximate surface area is 159 Å². The fourth-order valence-corrected chi connectivity index (χ4v) is 3.61. The second-order valence-corrected chi connectivity index (χ2v) is 7.26.